The predicted octanol–water partition coefficient (Wildman–Crippen LogP) is 4.07. The molecule has 0 radical (unpaired) electrons. The van der Waals surface area contributed by atoms with Crippen LogP contribution in [0.3, 0.4) is 0 Å². The fourth-order valence-electron chi connectivity index (χ4n) is 3.72. The fourth-order valence-corrected chi connectivity index (χ4v) is 3.72. The van der Waals surface area contributed by atoms with E-state index < -0.39 is 0 Å². The van der Waals surface area contributed by atoms with Gasteiger partial charge in [-0.2, -0.15) is 0 Å². The summed E-state index contributed by atoms with van der Waals surface area (Å²) < 4.78 is 0. The van der Waals surface area contributed by atoms with Crippen LogP contribution in [0.4, 0.5) is 0 Å². The molecule has 1 aromatic carbocycles. The molecule has 2 atom stereocenters. The van der Waals surface area contributed by atoms with Crippen LogP contribution in [0.1, 0.15) is 56.3 Å². The molecule has 1 aliphatic rings. The molecule has 0 spiro atoms. The van der Waals surface area contributed by atoms with Crippen molar-refractivity contribution in [2.45, 2.75) is 59.5 Å². The number of benzene rings is 1. The van der Waals surface area contributed by atoms with Crippen LogP contribution < -0.4 is 5.32 Å². The molecule has 1 saturated heterocycles. The van der Waals surface area contributed by atoms with Crippen LogP contribution in [0.5, 0.6) is 0 Å². The van der Waals surface area contributed by atoms with E-state index in [0.29, 0.717) is 6.04 Å². The van der Waals surface area contributed by atoms with Crippen molar-refractivity contribution in [2.75, 3.05) is 19.6 Å². The molecule has 21 heavy (non-hydrogen) atoms. The summed E-state index contributed by atoms with van der Waals surface area (Å²) >= 11 is 0. The summed E-state index contributed by atoms with van der Waals surface area (Å²) in [4.78, 5) is 2.71. The molecule has 1 aromatic rings. The fraction of sp³-hybridized carbons (Fsp3) is 0.684. The van der Waals surface area contributed by atoms with E-state index in [0.717, 1.165) is 25.0 Å². The van der Waals surface area contributed by atoms with Crippen LogP contribution in [0, 0.1) is 19.8 Å². The van der Waals surface area contributed by atoms with E-state index in [4.69, 9.17) is 0 Å². The van der Waals surface area contributed by atoms with E-state index in [-0.39, 0.29) is 0 Å². The number of rotatable bonds is 6. The van der Waals surface area contributed by atoms with Gasteiger partial charge in [-0.1, -0.05) is 44.5 Å². The molecule has 0 saturated carbocycles. The Morgan fingerprint density at radius 2 is 2.05 bits per heavy atom. The minimum absolute atomic E-state index is 0.453. The average Bonchev–Trinajstić information content (AvgIpc) is 2.89. The Bertz CT molecular complexity index is 453. The standard InChI is InChI=1S/C19H32N2/c1-6-20-18(17-12-15(4)9-10-16(17)5)13-21-11-7-8-19(21)14(2)3/h9-10,12,14,18-20H,6-8,11,13H2,1-5H3. The lowest BCUT2D eigenvalue weighted by Gasteiger charge is -2.32. The number of likely N-dealkylation sites (N-methyl/N-ethyl adjacent to an activating group) is 1. The van der Waals surface area contributed by atoms with Crippen LogP contribution in [0.25, 0.3) is 0 Å². The second-order valence-corrected chi connectivity index (χ2v) is 6.92. The first-order valence-electron chi connectivity index (χ1n) is 8.57. The molecule has 0 aliphatic carbocycles. The van der Waals surface area contributed by atoms with Crippen molar-refractivity contribution < 1.29 is 0 Å². The molecular formula is C19H32N2. The first-order chi connectivity index (χ1) is 10.0. The Morgan fingerprint density at radius 3 is 2.71 bits per heavy atom. The third kappa shape index (κ3) is 4.08. The lowest BCUT2D eigenvalue weighted by molar-refractivity contribution is 0.186. The minimum atomic E-state index is 0.453. The van der Waals surface area contributed by atoms with Gasteiger partial charge < -0.3 is 5.32 Å². The van der Waals surface area contributed by atoms with Crippen molar-refractivity contribution in [2.24, 2.45) is 5.92 Å². The molecule has 2 heteroatoms. The van der Waals surface area contributed by atoms with Gasteiger partial charge in [-0.3, -0.25) is 4.90 Å². The predicted molar refractivity (Wildman–Crippen MR) is 91.8 cm³/mol. The second-order valence-electron chi connectivity index (χ2n) is 6.92. The highest BCUT2D eigenvalue weighted by Gasteiger charge is 2.29. The van der Waals surface area contributed by atoms with E-state index in [1.807, 2.05) is 0 Å². The Morgan fingerprint density at radius 1 is 1.29 bits per heavy atom. The molecule has 118 valence electrons. The van der Waals surface area contributed by atoms with Gasteiger partial charge in [0.15, 0.2) is 0 Å². The summed E-state index contributed by atoms with van der Waals surface area (Å²) in [5.41, 5.74) is 4.25. The van der Waals surface area contributed by atoms with E-state index in [1.54, 1.807) is 0 Å². The zero-order valence-electron chi connectivity index (χ0n) is 14.4. The SMILES string of the molecule is CCNC(CN1CCCC1C(C)C)c1cc(C)ccc1C. The zero-order valence-corrected chi connectivity index (χ0v) is 14.4. The van der Waals surface area contributed by atoms with Gasteiger partial charge in [0.05, 0.1) is 0 Å². The minimum Gasteiger partial charge on any atom is -0.309 e. The van der Waals surface area contributed by atoms with Crippen molar-refractivity contribution in [1.29, 1.82) is 0 Å². The maximum atomic E-state index is 3.71. The van der Waals surface area contributed by atoms with E-state index in [1.165, 1.54) is 36.1 Å². The number of aryl methyl sites for hydroxylation is 2. The first kappa shape index (κ1) is 16.5. The Hall–Kier alpha value is -0.860. The molecule has 1 fully saturated rings. The Labute approximate surface area is 130 Å². The lowest BCUT2D eigenvalue weighted by atomic mass is 9.97. The number of hydrogen-bond acceptors (Lipinski definition) is 2. The van der Waals surface area contributed by atoms with Crippen LogP contribution in [-0.2, 0) is 0 Å². The van der Waals surface area contributed by atoms with E-state index in [2.05, 4.69) is 63.0 Å². The largest absolute Gasteiger partial charge is 0.309 e. The molecular weight excluding hydrogens is 256 g/mol. The first-order valence-corrected chi connectivity index (χ1v) is 8.57. The van der Waals surface area contributed by atoms with Crippen LogP contribution in [-0.4, -0.2) is 30.6 Å². The Kier molecular flexibility index (Phi) is 5.83. The third-order valence-corrected chi connectivity index (χ3v) is 4.86. The second kappa shape index (κ2) is 7.42. The highest BCUT2D eigenvalue weighted by Crippen LogP contribution is 2.27. The molecule has 0 bridgehead atoms. The van der Waals surface area contributed by atoms with Crippen molar-refractivity contribution in [3.8, 4) is 0 Å². The highest BCUT2D eigenvalue weighted by molar-refractivity contribution is 5.33. The van der Waals surface area contributed by atoms with Crippen LogP contribution >= 0.6 is 0 Å². The molecule has 2 unspecified atom stereocenters. The molecule has 0 amide bonds. The van der Waals surface area contributed by atoms with Crippen molar-refractivity contribution in [3.05, 3.63) is 34.9 Å². The maximum Gasteiger partial charge on any atom is 0.0452 e. The molecule has 2 nitrogen and oxygen atoms in total. The van der Waals surface area contributed by atoms with Gasteiger partial charge >= 0.3 is 0 Å². The van der Waals surface area contributed by atoms with E-state index >= 15 is 0 Å². The summed E-state index contributed by atoms with van der Waals surface area (Å²) in [6, 6.07) is 8.06. The van der Waals surface area contributed by atoms with Gasteiger partial charge in [0.2, 0.25) is 0 Å². The molecule has 1 N–H and O–H groups in total. The normalized spacial score (nSPS) is 21.1. The molecule has 2 rings (SSSR count). The monoisotopic (exact) mass is 288 g/mol. The summed E-state index contributed by atoms with van der Waals surface area (Å²) in [6.07, 6.45) is 2.72. The quantitative estimate of drug-likeness (QED) is 0.848. The highest BCUT2D eigenvalue weighted by atomic mass is 15.2. The smallest absolute Gasteiger partial charge is 0.0452 e. The third-order valence-electron chi connectivity index (χ3n) is 4.86. The van der Waals surface area contributed by atoms with Gasteiger partial charge in [0.25, 0.3) is 0 Å². The molecule has 1 heterocycles. The summed E-state index contributed by atoms with van der Waals surface area (Å²) in [5, 5.41) is 3.71. The topological polar surface area (TPSA) is 15.3 Å². The van der Waals surface area contributed by atoms with Crippen molar-refractivity contribution in [1.82, 2.24) is 10.2 Å². The van der Waals surface area contributed by atoms with Gasteiger partial charge in [0, 0.05) is 18.6 Å². The summed E-state index contributed by atoms with van der Waals surface area (Å²) in [6.45, 7) is 14.8. The van der Waals surface area contributed by atoms with E-state index in [9.17, 15) is 0 Å². The number of nitrogens with one attached hydrogen (secondary N) is 1. The maximum absolute atomic E-state index is 3.71. The number of nitrogens with zero attached hydrogens (tertiary/aromatic N) is 1. The van der Waals surface area contributed by atoms with Gasteiger partial charge in [-0.25, -0.2) is 0 Å². The van der Waals surface area contributed by atoms with Gasteiger partial charge in [0.1, 0.15) is 0 Å². The van der Waals surface area contributed by atoms with Crippen molar-refractivity contribution in [3.63, 3.8) is 0 Å². The van der Waals surface area contributed by atoms with Crippen LogP contribution in [0.15, 0.2) is 18.2 Å². The molecule has 1 aliphatic heterocycles. The Balaban J connectivity index is 2.17. The average molecular weight is 288 g/mol. The van der Waals surface area contributed by atoms with Crippen LogP contribution in [0.2, 0.25) is 0 Å². The molecule has 0 aromatic heterocycles. The van der Waals surface area contributed by atoms with Crippen molar-refractivity contribution >= 4 is 0 Å². The van der Waals surface area contributed by atoms with Gasteiger partial charge in [-0.05, 0) is 56.8 Å². The summed E-state index contributed by atoms with van der Waals surface area (Å²) in [7, 11) is 0. The zero-order chi connectivity index (χ0) is 15.4. The van der Waals surface area contributed by atoms with Gasteiger partial charge in [-0.15, -0.1) is 0 Å². The summed E-state index contributed by atoms with van der Waals surface area (Å²) in [5.74, 6) is 0.758. The number of hydrogen-bond donors (Lipinski definition) is 1. The lowest BCUT2D eigenvalue weighted by Crippen LogP contribution is -2.40. The number of likely N-dealkylation sites (tertiary alicyclic amines) is 1.